The lowest BCUT2D eigenvalue weighted by Gasteiger charge is -2.20. The van der Waals surface area contributed by atoms with Gasteiger partial charge in [-0.1, -0.05) is 26.0 Å². The fourth-order valence-electron chi connectivity index (χ4n) is 1.80. The second-order valence-electron chi connectivity index (χ2n) is 5.18. The van der Waals surface area contributed by atoms with Crippen LogP contribution >= 0.6 is 11.8 Å². The Morgan fingerprint density at radius 3 is 2.15 bits per heavy atom. The van der Waals surface area contributed by atoms with E-state index >= 15 is 0 Å². The van der Waals surface area contributed by atoms with Gasteiger partial charge in [0.15, 0.2) is 0 Å². The molecule has 0 aliphatic carbocycles. The molecule has 2 nitrogen and oxygen atoms in total. The summed E-state index contributed by atoms with van der Waals surface area (Å²) in [6, 6.07) is 5.26. The van der Waals surface area contributed by atoms with Crippen molar-refractivity contribution in [3.05, 3.63) is 29.8 Å². The van der Waals surface area contributed by atoms with Gasteiger partial charge in [-0.15, -0.1) is 0 Å². The second-order valence-corrected chi connectivity index (χ2v) is 6.32. The van der Waals surface area contributed by atoms with Crippen LogP contribution in [0, 0.1) is 5.92 Å². The van der Waals surface area contributed by atoms with Gasteiger partial charge in [-0.3, -0.25) is 0 Å². The van der Waals surface area contributed by atoms with Gasteiger partial charge >= 0.3 is 5.51 Å². The Morgan fingerprint density at radius 1 is 1.15 bits per heavy atom. The van der Waals surface area contributed by atoms with Crippen molar-refractivity contribution in [2.75, 3.05) is 0 Å². The lowest BCUT2D eigenvalue weighted by Crippen LogP contribution is -2.26. The third-order valence-corrected chi connectivity index (χ3v) is 3.69. The molecule has 2 atom stereocenters. The average molecular weight is 307 g/mol. The van der Waals surface area contributed by atoms with Crippen LogP contribution in [0.1, 0.15) is 38.3 Å². The highest BCUT2D eigenvalue weighted by Gasteiger charge is 2.29. The smallest absolute Gasteiger partial charge is 0.391 e. The molecule has 0 amide bonds. The molecule has 0 aliphatic heterocycles. The molecule has 0 heterocycles. The largest absolute Gasteiger partial charge is 0.446 e. The highest BCUT2D eigenvalue weighted by Crippen LogP contribution is 2.37. The van der Waals surface area contributed by atoms with E-state index in [1.54, 1.807) is 0 Å². The molecule has 0 aliphatic rings. The monoisotopic (exact) mass is 307 g/mol. The molecule has 0 saturated carbocycles. The van der Waals surface area contributed by atoms with E-state index in [-0.39, 0.29) is 16.7 Å². The van der Waals surface area contributed by atoms with Crippen molar-refractivity contribution in [3.63, 3.8) is 0 Å². The molecule has 1 aromatic rings. The van der Waals surface area contributed by atoms with Gasteiger partial charge < -0.3 is 10.8 Å². The summed E-state index contributed by atoms with van der Waals surface area (Å²) in [6.45, 7) is 4.11. The second kappa shape index (κ2) is 7.33. The van der Waals surface area contributed by atoms with Gasteiger partial charge in [0.05, 0.1) is 12.1 Å². The highest BCUT2D eigenvalue weighted by atomic mass is 32.2. The number of hydrogen-bond donors (Lipinski definition) is 2. The first-order chi connectivity index (χ1) is 9.19. The zero-order chi connectivity index (χ0) is 15.3. The summed E-state index contributed by atoms with van der Waals surface area (Å²) in [7, 11) is 0. The molecule has 0 aromatic heterocycles. The van der Waals surface area contributed by atoms with Crippen LogP contribution in [0.5, 0.6) is 0 Å². The maximum atomic E-state index is 12.2. The van der Waals surface area contributed by atoms with Gasteiger partial charge in [-0.05, 0) is 48.2 Å². The Labute approximate surface area is 121 Å². The molecule has 0 unspecified atom stereocenters. The van der Waals surface area contributed by atoms with Gasteiger partial charge in [0, 0.05) is 4.90 Å². The van der Waals surface area contributed by atoms with E-state index in [9.17, 15) is 18.3 Å². The number of thioether (sulfide) groups is 1. The minimum Gasteiger partial charge on any atom is -0.391 e. The van der Waals surface area contributed by atoms with Crippen molar-refractivity contribution in [2.24, 2.45) is 11.7 Å². The minimum absolute atomic E-state index is 0.116. The Morgan fingerprint density at radius 2 is 1.70 bits per heavy atom. The minimum atomic E-state index is -4.29. The maximum Gasteiger partial charge on any atom is 0.446 e. The van der Waals surface area contributed by atoms with Crippen LogP contribution in [0.15, 0.2) is 29.2 Å². The molecule has 6 heteroatoms. The molecule has 1 rings (SSSR count). The Bertz CT molecular complexity index is 406. The van der Waals surface area contributed by atoms with Crippen LogP contribution in [-0.4, -0.2) is 16.7 Å². The predicted octanol–water partition coefficient (Wildman–Crippen LogP) is 4.10. The first-order valence-corrected chi connectivity index (χ1v) is 7.30. The molecule has 0 spiro atoms. The number of halogens is 3. The maximum absolute atomic E-state index is 12.2. The molecule has 0 bridgehead atoms. The summed E-state index contributed by atoms with van der Waals surface area (Å²) in [5.74, 6) is 0.474. The summed E-state index contributed by atoms with van der Waals surface area (Å²) >= 11 is -0.160. The van der Waals surface area contributed by atoms with E-state index in [0.29, 0.717) is 17.9 Å². The first-order valence-electron chi connectivity index (χ1n) is 6.48. The molecule has 1 aromatic carbocycles. The van der Waals surface area contributed by atoms with Gasteiger partial charge in [-0.25, -0.2) is 0 Å². The normalized spacial score (nSPS) is 15.4. The summed E-state index contributed by atoms with van der Waals surface area (Å²) in [4.78, 5) is 0.116. The third kappa shape index (κ3) is 6.15. The fraction of sp³-hybridized carbons (Fsp3) is 0.571. The number of hydrogen-bond acceptors (Lipinski definition) is 3. The molecule has 20 heavy (non-hydrogen) atoms. The van der Waals surface area contributed by atoms with E-state index in [4.69, 9.17) is 5.73 Å². The number of alkyl halides is 3. The lowest BCUT2D eigenvalue weighted by molar-refractivity contribution is -0.0328. The highest BCUT2D eigenvalue weighted by molar-refractivity contribution is 8.00. The van der Waals surface area contributed by atoms with Crippen molar-refractivity contribution in [2.45, 2.75) is 49.2 Å². The van der Waals surface area contributed by atoms with Crippen LogP contribution in [-0.2, 0) is 0 Å². The quantitative estimate of drug-likeness (QED) is 0.778. The summed E-state index contributed by atoms with van der Waals surface area (Å²) in [5, 5.41) is 9.97. The summed E-state index contributed by atoms with van der Waals surface area (Å²) in [5.41, 5.74) is 2.28. The van der Waals surface area contributed by atoms with Crippen LogP contribution < -0.4 is 5.73 Å². The fourth-order valence-corrected chi connectivity index (χ4v) is 2.34. The van der Waals surface area contributed by atoms with E-state index in [2.05, 4.69) is 13.8 Å². The van der Waals surface area contributed by atoms with Crippen LogP contribution in [0.3, 0.4) is 0 Å². The van der Waals surface area contributed by atoms with Crippen molar-refractivity contribution in [1.82, 2.24) is 0 Å². The standard InChI is InChI=1S/C14H20F3NOS/c1-9(2)3-8-12(19)13(18)10-4-6-11(7-5-10)20-14(15,16)17/h4-7,9,12-13,19H,3,8,18H2,1-2H3/t12-,13+/m1/s1. The van der Waals surface area contributed by atoms with E-state index in [0.717, 1.165) is 6.42 Å². The van der Waals surface area contributed by atoms with Crippen molar-refractivity contribution in [3.8, 4) is 0 Å². The van der Waals surface area contributed by atoms with Gasteiger partial charge in [0.1, 0.15) is 0 Å². The molecular formula is C14H20F3NOS. The number of rotatable bonds is 6. The van der Waals surface area contributed by atoms with Crippen molar-refractivity contribution < 1.29 is 18.3 Å². The van der Waals surface area contributed by atoms with E-state index < -0.39 is 17.7 Å². The topological polar surface area (TPSA) is 46.2 Å². The van der Waals surface area contributed by atoms with Gasteiger partial charge in [-0.2, -0.15) is 13.2 Å². The van der Waals surface area contributed by atoms with E-state index in [1.807, 2.05) is 0 Å². The molecule has 0 saturated heterocycles. The number of aliphatic hydroxyl groups excluding tert-OH is 1. The Balaban J connectivity index is 2.63. The van der Waals surface area contributed by atoms with Crippen LogP contribution in [0.4, 0.5) is 13.2 Å². The van der Waals surface area contributed by atoms with Crippen molar-refractivity contribution in [1.29, 1.82) is 0 Å². The van der Waals surface area contributed by atoms with Crippen molar-refractivity contribution >= 4 is 11.8 Å². The van der Waals surface area contributed by atoms with Gasteiger partial charge in [0.2, 0.25) is 0 Å². The van der Waals surface area contributed by atoms with E-state index in [1.165, 1.54) is 24.3 Å². The third-order valence-electron chi connectivity index (χ3n) is 2.95. The molecule has 3 N–H and O–H groups in total. The van der Waals surface area contributed by atoms with Gasteiger partial charge in [0.25, 0.3) is 0 Å². The average Bonchev–Trinajstić information content (AvgIpc) is 2.34. The predicted molar refractivity (Wildman–Crippen MR) is 75.4 cm³/mol. The molecule has 114 valence electrons. The zero-order valence-corrected chi connectivity index (χ0v) is 12.3. The van der Waals surface area contributed by atoms with Crippen LogP contribution in [0.25, 0.3) is 0 Å². The summed E-state index contributed by atoms with van der Waals surface area (Å²) in [6.07, 6.45) is 0.757. The Kier molecular flexibility index (Phi) is 6.36. The molecule has 0 fully saturated rings. The van der Waals surface area contributed by atoms with Crippen LogP contribution in [0.2, 0.25) is 0 Å². The zero-order valence-electron chi connectivity index (χ0n) is 11.5. The number of benzene rings is 1. The summed E-state index contributed by atoms with van der Waals surface area (Å²) < 4.78 is 36.6. The lowest BCUT2D eigenvalue weighted by atomic mass is 9.96. The molecular weight excluding hydrogens is 287 g/mol. The Hall–Kier alpha value is -0.720. The molecule has 0 radical (unpaired) electrons. The first kappa shape index (κ1) is 17.3. The SMILES string of the molecule is CC(C)CC[C@@H](O)[C@@H](N)c1ccc(SC(F)(F)F)cc1. The number of aliphatic hydroxyl groups is 1. The number of nitrogens with two attached hydrogens (primary N) is 1.